The van der Waals surface area contributed by atoms with Crippen molar-refractivity contribution in [1.82, 2.24) is 10.2 Å². The van der Waals surface area contributed by atoms with Crippen LogP contribution in [0.25, 0.3) is 0 Å². The zero-order valence-electron chi connectivity index (χ0n) is 7.70. The Morgan fingerprint density at radius 3 is 3.08 bits per heavy atom. The van der Waals surface area contributed by atoms with Crippen molar-refractivity contribution < 1.29 is 4.79 Å². The maximum atomic E-state index is 11.2. The molecule has 0 aliphatic heterocycles. The number of aromatic amines is 1. The minimum Gasteiger partial charge on any atom is -0.323 e. The van der Waals surface area contributed by atoms with Gasteiger partial charge in [-0.25, -0.2) is 0 Å². The number of nitrogens with one attached hydrogen (secondary N) is 2. The van der Waals surface area contributed by atoms with Crippen LogP contribution >= 0.6 is 11.8 Å². The first-order chi connectivity index (χ1) is 6.18. The number of aromatic nitrogens is 2. The summed E-state index contributed by atoms with van der Waals surface area (Å²) in [6.07, 6.45) is 3.23. The summed E-state index contributed by atoms with van der Waals surface area (Å²) >= 11 is 1.62. The highest BCUT2D eigenvalue weighted by Crippen LogP contribution is 2.09. The molecule has 0 radical (unpaired) electrons. The van der Waals surface area contributed by atoms with Crippen molar-refractivity contribution in [2.75, 3.05) is 11.1 Å². The standard InChI is InChI=1S/C8H13N3OS/c1-6(2)13-5-8(12)11-7-3-9-10-4-7/h3-4,6H,5H2,1-2H3,(H,9,10)(H,11,12). The first-order valence-corrected chi connectivity index (χ1v) is 5.13. The van der Waals surface area contributed by atoms with E-state index in [4.69, 9.17) is 0 Å². The topological polar surface area (TPSA) is 57.8 Å². The Labute approximate surface area is 81.5 Å². The second kappa shape index (κ2) is 4.91. The van der Waals surface area contributed by atoms with Gasteiger partial charge >= 0.3 is 0 Å². The molecule has 4 nitrogen and oxygen atoms in total. The van der Waals surface area contributed by atoms with Gasteiger partial charge in [-0.05, 0) is 5.25 Å². The Hall–Kier alpha value is -0.970. The highest BCUT2D eigenvalue weighted by Gasteiger charge is 2.04. The van der Waals surface area contributed by atoms with E-state index in [1.165, 1.54) is 0 Å². The zero-order chi connectivity index (χ0) is 9.68. The number of rotatable bonds is 4. The molecule has 1 aromatic rings. The van der Waals surface area contributed by atoms with Crippen LogP contribution in [0.1, 0.15) is 13.8 Å². The van der Waals surface area contributed by atoms with Crippen molar-refractivity contribution in [3.05, 3.63) is 12.4 Å². The molecule has 0 bridgehead atoms. The Morgan fingerprint density at radius 1 is 1.77 bits per heavy atom. The molecule has 0 spiro atoms. The molecule has 0 saturated carbocycles. The van der Waals surface area contributed by atoms with Gasteiger partial charge in [-0.2, -0.15) is 5.10 Å². The summed E-state index contributed by atoms with van der Waals surface area (Å²) in [6.45, 7) is 4.13. The van der Waals surface area contributed by atoms with E-state index in [-0.39, 0.29) is 5.91 Å². The monoisotopic (exact) mass is 199 g/mol. The largest absolute Gasteiger partial charge is 0.323 e. The van der Waals surface area contributed by atoms with E-state index in [2.05, 4.69) is 29.4 Å². The number of H-pyrrole nitrogens is 1. The van der Waals surface area contributed by atoms with E-state index in [0.717, 1.165) is 0 Å². The zero-order valence-corrected chi connectivity index (χ0v) is 8.52. The normalized spacial score (nSPS) is 10.4. The second-order valence-electron chi connectivity index (χ2n) is 2.89. The van der Waals surface area contributed by atoms with Crippen LogP contribution in [0.4, 0.5) is 5.69 Å². The molecule has 0 saturated heterocycles. The van der Waals surface area contributed by atoms with Crippen LogP contribution in [0.2, 0.25) is 0 Å². The number of carbonyl (C=O) groups excluding carboxylic acids is 1. The SMILES string of the molecule is CC(C)SCC(=O)Nc1cn[nH]c1. The van der Waals surface area contributed by atoms with Crippen LogP contribution in [0.3, 0.4) is 0 Å². The van der Waals surface area contributed by atoms with Gasteiger partial charge in [0.2, 0.25) is 5.91 Å². The Kier molecular flexibility index (Phi) is 3.82. The van der Waals surface area contributed by atoms with Crippen LogP contribution < -0.4 is 5.32 Å². The minimum absolute atomic E-state index is 0.0140. The van der Waals surface area contributed by atoms with Gasteiger partial charge in [0, 0.05) is 6.20 Å². The van der Waals surface area contributed by atoms with E-state index < -0.39 is 0 Å². The molecule has 0 atom stereocenters. The van der Waals surface area contributed by atoms with Gasteiger partial charge in [-0.3, -0.25) is 9.89 Å². The number of hydrogen-bond acceptors (Lipinski definition) is 3. The predicted molar refractivity (Wildman–Crippen MR) is 54.8 cm³/mol. The van der Waals surface area contributed by atoms with E-state index in [0.29, 0.717) is 16.7 Å². The predicted octanol–water partition coefficient (Wildman–Crippen LogP) is 1.49. The third kappa shape index (κ3) is 3.98. The molecule has 1 amide bonds. The highest BCUT2D eigenvalue weighted by atomic mass is 32.2. The molecule has 1 aromatic heterocycles. The Balaban J connectivity index is 2.26. The van der Waals surface area contributed by atoms with Gasteiger partial charge in [0.25, 0.3) is 0 Å². The van der Waals surface area contributed by atoms with Crippen molar-refractivity contribution in [1.29, 1.82) is 0 Å². The van der Waals surface area contributed by atoms with Crippen LogP contribution in [0, 0.1) is 0 Å². The average molecular weight is 199 g/mol. The van der Waals surface area contributed by atoms with Gasteiger partial charge in [0.15, 0.2) is 0 Å². The summed E-state index contributed by atoms with van der Waals surface area (Å²) in [6, 6.07) is 0. The van der Waals surface area contributed by atoms with Crippen molar-refractivity contribution in [2.45, 2.75) is 19.1 Å². The maximum Gasteiger partial charge on any atom is 0.234 e. The molecule has 0 aliphatic rings. The van der Waals surface area contributed by atoms with E-state index in [1.54, 1.807) is 24.2 Å². The molecule has 5 heteroatoms. The molecule has 1 rings (SSSR count). The Morgan fingerprint density at radius 2 is 2.54 bits per heavy atom. The molecular weight excluding hydrogens is 186 g/mol. The molecular formula is C8H13N3OS. The lowest BCUT2D eigenvalue weighted by atomic mass is 10.5. The fraction of sp³-hybridized carbons (Fsp3) is 0.500. The molecule has 13 heavy (non-hydrogen) atoms. The van der Waals surface area contributed by atoms with Gasteiger partial charge in [-0.15, -0.1) is 11.8 Å². The second-order valence-corrected chi connectivity index (χ2v) is 4.46. The molecule has 1 heterocycles. The molecule has 72 valence electrons. The minimum atomic E-state index is 0.0140. The van der Waals surface area contributed by atoms with Crippen molar-refractivity contribution in [3.63, 3.8) is 0 Å². The lowest BCUT2D eigenvalue weighted by molar-refractivity contribution is -0.113. The number of anilines is 1. The summed E-state index contributed by atoms with van der Waals surface area (Å²) in [5, 5.41) is 9.56. The van der Waals surface area contributed by atoms with Gasteiger partial charge in [-0.1, -0.05) is 13.8 Å². The van der Waals surface area contributed by atoms with E-state index >= 15 is 0 Å². The summed E-state index contributed by atoms with van der Waals surface area (Å²) < 4.78 is 0. The third-order valence-corrected chi connectivity index (χ3v) is 2.43. The molecule has 0 aliphatic carbocycles. The lowest BCUT2D eigenvalue weighted by Gasteiger charge is -2.04. The summed E-state index contributed by atoms with van der Waals surface area (Å²) in [5.74, 6) is 0.503. The number of hydrogen-bond donors (Lipinski definition) is 2. The Bertz CT molecular complexity index is 258. The first-order valence-electron chi connectivity index (χ1n) is 4.08. The van der Waals surface area contributed by atoms with E-state index in [1.807, 2.05) is 0 Å². The third-order valence-electron chi connectivity index (χ3n) is 1.33. The van der Waals surface area contributed by atoms with Gasteiger partial charge in [0.05, 0.1) is 17.6 Å². The lowest BCUT2D eigenvalue weighted by Crippen LogP contribution is -2.14. The summed E-state index contributed by atoms with van der Waals surface area (Å²) in [7, 11) is 0. The molecule has 2 N–H and O–H groups in total. The highest BCUT2D eigenvalue weighted by molar-refractivity contribution is 8.00. The van der Waals surface area contributed by atoms with Crippen molar-refractivity contribution >= 4 is 23.4 Å². The van der Waals surface area contributed by atoms with Crippen molar-refractivity contribution in [3.8, 4) is 0 Å². The quantitative estimate of drug-likeness (QED) is 0.772. The maximum absolute atomic E-state index is 11.2. The fourth-order valence-electron chi connectivity index (χ4n) is 0.759. The number of thioether (sulfide) groups is 1. The number of carbonyl (C=O) groups is 1. The first kappa shape index (κ1) is 10.1. The van der Waals surface area contributed by atoms with Gasteiger partial charge < -0.3 is 5.32 Å². The number of amides is 1. The molecule has 0 aromatic carbocycles. The average Bonchev–Trinajstić information content (AvgIpc) is 2.53. The van der Waals surface area contributed by atoms with Crippen molar-refractivity contribution in [2.24, 2.45) is 0 Å². The van der Waals surface area contributed by atoms with Gasteiger partial charge in [0.1, 0.15) is 0 Å². The fourth-order valence-corrected chi connectivity index (χ4v) is 1.32. The van der Waals surface area contributed by atoms with Crippen LogP contribution in [-0.4, -0.2) is 27.1 Å². The van der Waals surface area contributed by atoms with E-state index in [9.17, 15) is 4.79 Å². The summed E-state index contributed by atoms with van der Waals surface area (Å²) in [5.41, 5.74) is 0.717. The molecule has 0 unspecified atom stereocenters. The number of nitrogens with zero attached hydrogens (tertiary/aromatic N) is 1. The van der Waals surface area contributed by atoms with Crippen LogP contribution in [0.5, 0.6) is 0 Å². The smallest absolute Gasteiger partial charge is 0.234 e. The molecule has 0 fully saturated rings. The summed E-state index contributed by atoms with van der Waals surface area (Å²) in [4.78, 5) is 11.2. The van der Waals surface area contributed by atoms with Crippen LogP contribution in [0.15, 0.2) is 12.4 Å². The van der Waals surface area contributed by atoms with Crippen LogP contribution in [-0.2, 0) is 4.79 Å².